The van der Waals surface area contributed by atoms with E-state index in [1.54, 1.807) is 0 Å². The monoisotopic (exact) mass is 545 g/mol. The summed E-state index contributed by atoms with van der Waals surface area (Å²) >= 11 is 0. The van der Waals surface area contributed by atoms with Crippen molar-refractivity contribution in [2.75, 3.05) is 26.2 Å². The van der Waals surface area contributed by atoms with Gasteiger partial charge in [-0.15, -0.1) is 0 Å². The number of likely N-dealkylation sites (tertiary alicyclic amines) is 1. The van der Waals surface area contributed by atoms with Gasteiger partial charge in [0.1, 0.15) is 0 Å². The van der Waals surface area contributed by atoms with Crippen LogP contribution in [0.2, 0.25) is 0 Å². The van der Waals surface area contributed by atoms with Crippen LogP contribution in [0.25, 0.3) is 0 Å². The van der Waals surface area contributed by atoms with Gasteiger partial charge in [-0.25, -0.2) is 0 Å². The van der Waals surface area contributed by atoms with Gasteiger partial charge in [-0.2, -0.15) is 0 Å². The zero-order valence-electron chi connectivity index (χ0n) is 24.9. The van der Waals surface area contributed by atoms with E-state index in [1.807, 2.05) is 0 Å². The van der Waals surface area contributed by atoms with Crippen molar-refractivity contribution in [2.24, 2.45) is 0 Å². The molecular weight excluding hydrogens is 498 g/mol. The van der Waals surface area contributed by atoms with Crippen molar-refractivity contribution in [3.8, 4) is 0 Å². The molecule has 4 aromatic carbocycles. The van der Waals surface area contributed by atoms with Crippen LogP contribution in [-0.2, 0) is 16.6 Å². The number of benzene rings is 4. The van der Waals surface area contributed by atoms with E-state index in [4.69, 9.17) is 4.74 Å². The molecule has 0 radical (unpaired) electrons. The Bertz CT molecular complexity index is 1170. The molecule has 0 spiro atoms. The third kappa shape index (κ3) is 7.36. The van der Waals surface area contributed by atoms with E-state index < -0.39 is 0 Å². The summed E-state index contributed by atoms with van der Waals surface area (Å²) in [7, 11) is 0. The average molecular weight is 546 g/mol. The molecular formula is C39H47NO. The Kier molecular flexibility index (Phi) is 10.4. The molecule has 214 valence electrons. The van der Waals surface area contributed by atoms with Crippen LogP contribution in [0.4, 0.5) is 0 Å². The summed E-state index contributed by atoms with van der Waals surface area (Å²) in [6, 6.07) is 44.4. The maximum atomic E-state index is 6.80. The summed E-state index contributed by atoms with van der Waals surface area (Å²) in [4.78, 5) is 2.69. The summed E-state index contributed by atoms with van der Waals surface area (Å²) in [5, 5.41) is 0. The van der Waals surface area contributed by atoms with Crippen LogP contribution in [0.5, 0.6) is 0 Å². The second-order valence-electron chi connectivity index (χ2n) is 11.8. The SMILES string of the molecule is CCCCCCOC1(Cc2ccccc2)CCN(CCC(c2ccccc2)(c2ccccc2)c2ccccc2)CC1. The van der Waals surface area contributed by atoms with Gasteiger partial charge in [0.05, 0.1) is 5.60 Å². The van der Waals surface area contributed by atoms with Crippen molar-refractivity contribution in [3.63, 3.8) is 0 Å². The van der Waals surface area contributed by atoms with Crippen LogP contribution in [0, 0.1) is 0 Å². The number of ether oxygens (including phenoxy) is 1. The molecule has 0 N–H and O–H groups in total. The zero-order chi connectivity index (χ0) is 28.2. The Labute approximate surface area is 248 Å². The van der Waals surface area contributed by atoms with E-state index in [1.165, 1.54) is 47.9 Å². The van der Waals surface area contributed by atoms with E-state index >= 15 is 0 Å². The van der Waals surface area contributed by atoms with Crippen LogP contribution < -0.4 is 0 Å². The van der Waals surface area contributed by atoms with Gasteiger partial charge in [0.2, 0.25) is 0 Å². The van der Waals surface area contributed by atoms with Crippen LogP contribution in [-0.4, -0.2) is 36.7 Å². The minimum atomic E-state index is -0.196. The van der Waals surface area contributed by atoms with Crippen molar-refractivity contribution in [1.29, 1.82) is 0 Å². The third-order valence-corrected chi connectivity index (χ3v) is 9.15. The fourth-order valence-electron chi connectivity index (χ4n) is 6.77. The summed E-state index contributed by atoms with van der Waals surface area (Å²) in [6.45, 7) is 6.37. The number of piperidine rings is 1. The zero-order valence-corrected chi connectivity index (χ0v) is 24.9. The maximum Gasteiger partial charge on any atom is 0.0747 e. The first-order valence-corrected chi connectivity index (χ1v) is 15.8. The second kappa shape index (κ2) is 14.6. The molecule has 0 amide bonds. The number of nitrogens with zero attached hydrogens (tertiary/aromatic N) is 1. The highest BCUT2D eigenvalue weighted by atomic mass is 16.5. The van der Waals surface area contributed by atoms with Gasteiger partial charge in [0.15, 0.2) is 0 Å². The van der Waals surface area contributed by atoms with E-state index in [9.17, 15) is 0 Å². The molecule has 0 aliphatic carbocycles. The maximum absolute atomic E-state index is 6.80. The van der Waals surface area contributed by atoms with Gasteiger partial charge < -0.3 is 9.64 Å². The van der Waals surface area contributed by atoms with Gasteiger partial charge in [0, 0.05) is 31.5 Å². The first kappa shape index (κ1) is 29.3. The lowest BCUT2D eigenvalue weighted by molar-refractivity contribution is -0.0849. The molecule has 5 rings (SSSR count). The largest absolute Gasteiger partial charge is 0.375 e. The normalized spacial score (nSPS) is 15.5. The van der Waals surface area contributed by atoms with Crippen molar-refractivity contribution in [2.45, 2.75) is 69.3 Å². The van der Waals surface area contributed by atoms with Gasteiger partial charge in [-0.3, -0.25) is 0 Å². The Morgan fingerprint density at radius 3 is 1.61 bits per heavy atom. The van der Waals surface area contributed by atoms with Crippen molar-refractivity contribution >= 4 is 0 Å². The van der Waals surface area contributed by atoms with E-state index in [-0.39, 0.29) is 11.0 Å². The molecule has 0 unspecified atom stereocenters. The van der Waals surface area contributed by atoms with Gasteiger partial charge in [0.25, 0.3) is 0 Å². The number of rotatable bonds is 14. The highest BCUT2D eigenvalue weighted by molar-refractivity contribution is 5.50. The number of hydrogen-bond donors (Lipinski definition) is 0. The summed E-state index contributed by atoms with van der Waals surface area (Å²) in [5.74, 6) is 0. The highest BCUT2D eigenvalue weighted by Gasteiger charge is 2.39. The molecule has 1 fully saturated rings. The Balaban J connectivity index is 1.34. The molecule has 0 bridgehead atoms. The fraction of sp³-hybridized carbons (Fsp3) is 0.385. The molecule has 0 aromatic heterocycles. The summed E-state index contributed by atoms with van der Waals surface area (Å²) in [5.41, 5.74) is 5.23. The minimum Gasteiger partial charge on any atom is -0.375 e. The molecule has 2 heteroatoms. The van der Waals surface area contributed by atoms with Crippen LogP contribution >= 0.6 is 0 Å². The summed E-state index contributed by atoms with van der Waals surface area (Å²) in [6.07, 6.45) is 9.23. The molecule has 1 aliphatic heterocycles. The summed E-state index contributed by atoms with van der Waals surface area (Å²) < 4.78 is 6.80. The molecule has 0 saturated carbocycles. The van der Waals surface area contributed by atoms with Crippen molar-refractivity contribution < 1.29 is 4.74 Å². The van der Waals surface area contributed by atoms with Crippen LogP contribution in [0.3, 0.4) is 0 Å². The number of unbranched alkanes of at least 4 members (excludes halogenated alkanes) is 3. The predicted molar refractivity (Wildman–Crippen MR) is 172 cm³/mol. The lowest BCUT2D eigenvalue weighted by Gasteiger charge is -2.44. The van der Waals surface area contributed by atoms with E-state index in [2.05, 4.69) is 133 Å². The van der Waals surface area contributed by atoms with Gasteiger partial charge >= 0.3 is 0 Å². The first-order valence-electron chi connectivity index (χ1n) is 15.8. The third-order valence-electron chi connectivity index (χ3n) is 9.15. The van der Waals surface area contributed by atoms with Crippen molar-refractivity contribution in [1.82, 2.24) is 4.90 Å². The van der Waals surface area contributed by atoms with Crippen LogP contribution in [0.15, 0.2) is 121 Å². The molecule has 1 aliphatic rings. The Morgan fingerprint density at radius 1 is 0.634 bits per heavy atom. The predicted octanol–water partition coefficient (Wildman–Crippen LogP) is 9.09. The molecule has 4 aromatic rings. The molecule has 0 atom stereocenters. The molecule has 1 saturated heterocycles. The average Bonchev–Trinajstić information content (AvgIpc) is 3.04. The van der Waals surface area contributed by atoms with Crippen LogP contribution in [0.1, 0.15) is 74.1 Å². The Hall–Kier alpha value is -3.20. The highest BCUT2D eigenvalue weighted by Crippen LogP contribution is 2.43. The van der Waals surface area contributed by atoms with E-state index in [0.29, 0.717) is 0 Å². The Morgan fingerprint density at radius 2 is 1.12 bits per heavy atom. The smallest absolute Gasteiger partial charge is 0.0747 e. The van der Waals surface area contributed by atoms with Crippen molar-refractivity contribution in [3.05, 3.63) is 144 Å². The molecule has 1 heterocycles. The fourth-order valence-corrected chi connectivity index (χ4v) is 6.77. The topological polar surface area (TPSA) is 12.5 Å². The molecule has 41 heavy (non-hydrogen) atoms. The standard InChI is InChI=1S/C39H47NO/c1-2-3-4-17-32-41-38(33-34-18-9-5-10-19-34)26-29-40(30-27-38)31-28-39(35-20-11-6-12-21-35,36-22-13-7-14-23-36)37-24-15-8-16-25-37/h5-16,18-25H,2-4,17,26-33H2,1H3. The second-order valence-corrected chi connectivity index (χ2v) is 11.8. The lowest BCUT2D eigenvalue weighted by Crippen LogP contribution is -2.48. The van der Waals surface area contributed by atoms with Gasteiger partial charge in [-0.05, 0) is 54.5 Å². The van der Waals surface area contributed by atoms with Gasteiger partial charge in [-0.1, -0.05) is 148 Å². The van der Waals surface area contributed by atoms with E-state index in [0.717, 1.165) is 51.9 Å². The lowest BCUT2D eigenvalue weighted by atomic mass is 9.67. The quantitative estimate of drug-likeness (QED) is 0.116. The number of hydrogen-bond acceptors (Lipinski definition) is 2. The first-order chi connectivity index (χ1) is 20.2. The molecule has 2 nitrogen and oxygen atoms in total. The minimum absolute atomic E-state index is 0.0561.